The highest BCUT2D eigenvalue weighted by Gasteiger charge is 2.05. The highest BCUT2D eigenvalue weighted by Crippen LogP contribution is 2.20. The summed E-state index contributed by atoms with van der Waals surface area (Å²) >= 11 is 0. The average molecular weight is 359 g/mol. The van der Waals surface area contributed by atoms with Gasteiger partial charge in [-0.1, -0.05) is 36.4 Å². The fourth-order valence-electron chi connectivity index (χ4n) is 2.40. The molecular formula is C22H21N3O2. The van der Waals surface area contributed by atoms with Crippen molar-refractivity contribution >= 4 is 17.3 Å². The maximum atomic E-state index is 11.8. The van der Waals surface area contributed by atoms with Gasteiger partial charge in [0.1, 0.15) is 18.1 Å². The van der Waals surface area contributed by atoms with E-state index in [1.807, 2.05) is 60.7 Å². The van der Waals surface area contributed by atoms with Gasteiger partial charge in [0, 0.05) is 12.2 Å². The lowest BCUT2D eigenvalue weighted by Crippen LogP contribution is -2.24. The SMILES string of the molecule is C=CCNC(=O)c1ccc(Nc2ccc(OCc3ccccc3)cc2)cn1. The minimum Gasteiger partial charge on any atom is -0.489 e. The number of hydrogen-bond donors (Lipinski definition) is 2. The number of nitrogens with zero attached hydrogens (tertiary/aromatic N) is 1. The molecule has 1 aromatic heterocycles. The van der Waals surface area contributed by atoms with Crippen molar-refractivity contribution in [3.8, 4) is 5.75 Å². The second kappa shape index (κ2) is 9.20. The zero-order valence-corrected chi connectivity index (χ0v) is 14.9. The Morgan fingerprint density at radius 1 is 1.00 bits per heavy atom. The minimum atomic E-state index is -0.221. The Kier molecular flexibility index (Phi) is 6.20. The number of rotatable bonds is 8. The topological polar surface area (TPSA) is 63.2 Å². The highest BCUT2D eigenvalue weighted by atomic mass is 16.5. The van der Waals surface area contributed by atoms with E-state index >= 15 is 0 Å². The van der Waals surface area contributed by atoms with Gasteiger partial charge in [-0.15, -0.1) is 6.58 Å². The van der Waals surface area contributed by atoms with Crippen LogP contribution in [0.15, 0.2) is 85.6 Å². The normalized spacial score (nSPS) is 10.1. The van der Waals surface area contributed by atoms with Gasteiger partial charge in [0.05, 0.1) is 11.9 Å². The molecule has 0 spiro atoms. The van der Waals surface area contributed by atoms with Gasteiger partial charge in [-0.25, -0.2) is 4.98 Å². The summed E-state index contributed by atoms with van der Waals surface area (Å²) in [6.45, 7) is 4.52. The Morgan fingerprint density at radius 3 is 2.41 bits per heavy atom. The van der Waals surface area contributed by atoms with Crippen LogP contribution in [0.5, 0.6) is 5.75 Å². The van der Waals surface area contributed by atoms with E-state index in [-0.39, 0.29) is 5.91 Å². The number of carbonyl (C=O) groups is 1. The summed E-state index contributed by atoms with van der Waals surface area (Å²) in [7, 11) is 0. The summed E-state index contributed by atoms with van der Waals surface area (Å²) in [5.41, 5.74) is 3.20. The summed E-state index contributed by atoms with van der Waals surface area (Å²) in [6, 6.07) is 21.2. The Bertz CT molecular complexity index is 876. The van der Waals surface area contributed by atoms with Crippen molar-refractivity contribution < 1.29 is 9.53 Å². The second-order valence-electron chi connectivity index (χ2n) is 5.85. The molecule has 1 heterocycles. The number of nitrogens with one attached hydrogen (secondary N) is 2. The van der Waals surface area contributed by atoms with E-state index < -0.39 is 0 Å². The summed E-state index contributed by atoms with van der Waals surface area (Å²) in [5.74, 6) is 0.582. The van der Waals surface area contributed by atoms with Crippen molar-refractivity contribution in [1.29, 1.82) is 0 Å². The Hall–Kier alpha value is -3.60. The van der Waals surface area contributed by atoms with Crippen LogP contribution in [0, 0.1) is 0 Å². The van der Waals surface area contributed by atoms with E-state index in [0.717, 1.165) is 22.7 Å². The average Bonchev–Trinajstić information content (AvgIpc) is 2.73. The molecule has 0 bridgehead atoms. The van der Waals surface area contributed by atoms with Gasteiger partial charge in [0.2, 0.25) is 0 Å². The van der Waals surface area contributed by atoms with Crippen molar-refractivity contribution in [3.05, 3.63) is 96.8 Å². The van der Waals surface area contributed by atoms with Crippen LogP contribution in [0.25, 0.3) is 0 Å². The molecule has 1 amide bonds. The molecule has 3 aromatic rings. The van der Waals surface area contributed by atoms with Crippen molar-refractivity contribution in [2.75, 3.05) is 11.9 Å². The molecule has 5 heteroatoms. The molecule has 0 aliphatic carbocycles. The molecule has 0 aliphatic rings. The molecule has 2 aromatic carbocycles. The summed E-state index contributed by atoms with van der Waals surface area (Å²) < 4.78 is 5.78. The third-order valence-corrected chi connectivity index (χ3v) is 3.79. The standard InChI is InChI=1S/C22H21N3O2/c1-2-14-23-22(26)21-13-10-19(15-24-21)25-18-8-11-20(12-9-18)27-16-17-6-4-3-5-7-17/h2-13,15,25H,1,14,16H2,(H,23,26). The van der Waals surface area contributed by atoms with Crippen molar-refractivity contribution in [1.82, 2.24) is 10.3 Å². The summed E-state index contributed by atoms with van der Waals surface area (Å²) in [4.78, 5) is 16.0. The molecule has 2 N–H and O–H groups in total. The molecule has 0 saturated heterocycles. The minimum absolute atomic E-state index is 0.221. The van der Waals surface area contributed by atoms with Crippen LogP contribution in [0.2, 0.25) is 0 Å². The van der Waals surface area contributed by atoms with Crippen molar-refractivity contribution in [3.63, 3.8) is 0 Å². The van der Waals surface area contributed by atoms with Crippen LogP contribution in [-0.4, -0.2) is 17.4 Å². The maximum absolute atomic E-state index is 11.8. The maximum Gasteiger partial charge on any atom is 0.270 e. The lowest BCUT2D eigenvalue weighted by atomic mass is 10.2. The molecular weight excluding hydrogens is 338 g/mol. The van der Waals surface area contributed by atoms with Gasteiger partial charge >= 0.3 is 0 Å². The first kappa shape index (κ1) is 18.2. The van der Waals surface area contributed by atoms with Crippen molar-refractivity contribution in [2.24, 2.45) is 0 Å². The van der Waals surface area contributed by atoms with Gasteiger partial charge in [0.15, 0.2) is 0 Å². The van der Waals surface area contributed by atoms with E-state index in [4.69, 9.17) is 4.74 Å². The number of ether oxygens (including phenoxy) is 1. The molecule has 0 saturated carbocycles. The van der Waals surface area contributed by atoms with Gasteiger partial charge in [0.25, 0.3) is 5.91 Å². The van der Waals surface area contributed by atoms with Crippen LogP contribution in [0.4, 0.5) is 11.4 Å². The Labute approximate surface area is 158 Å². The predicted molar refractivity (Wildman–Crippen MR) is 107 cm³/mol. The molecule has 27 heavy (non-hydrogen) atoms. The van der Waals surface area contributed by atoms with Crippen LogP contribution < -0.4 is 15.4 Å². The molecule has 136 valence electrons. The summed E-state index contributed by atoms with van der Waals surface area (Å²) in [6.07, 6.45) is 3.25. The third-order valence-electron chi connectivity index (χ3n) is 3.79. The third kappa shape index (κ3) is 5.44. The predicted octanol–water partition coefficient (Wildman–Crippen LogP) is 4.32. The molecule has 0 atom stereocenters. The zero-order chi connectivity index (χ0) is 18.9. The second-order valence-corrected chi connectivity index (χ2v) is 5.85. The first-order chi connectivity index (χ1) is 13.2. The zero-order valence-electron chi connectivity index (χ0n) is 14.9. The van der Waals surface area contributed by atoms with E-state index in [2.05, 4.69) is 22.2 Å². The molecule has 5 nitrogen and oxygen atoms in total. The number of amides is 1. The largest absolute Gasteiger partial charge is 0.489 e. The quantitative estimate of drug-likeness (QED) is 0.588. The molecule has 3 rings (SSSR count). The van der Waals surface area contributed by atoms with Gasteiger partial charge in [-0.05, 0) is 42.0 Å². The molecule has 0 unspecified atom stereocenters. The Morgan fingerprint density at radius 2 is 1.74 bits per heavy atom. The van der Waals surface area contributed by atoms with E-state index in [1.54, 1.807) is 18.3 Å². The number of hydrogen-bond acceptors (Lipinski definition) is 4. The van der Waals surface area contributed by atoms with Crippen LogP contribution in [0.3, 0.4) is 0 Å². The molecule has 0 fully saturated rings. The van der Waals surface area contributed by atoms with Gasteiger partial charge < -0.3 is 15.4 Å². The lowest BCUT2D eigenvalue weighted by molar-refractivity contribution is 0.0953. The van der Waals surface area contributed by atoms with Crippen LogP contribution >= 0.6 is 0 Å². The number of pyridine rings is 1. The first-order valence-corrected chi connectivity index (χ1v) is 8.63. The number of carbonyl (C=O) groups excluding carboxylic acids is 1. The number of benzene rings is 2. The van der Waals surface area contributed by atoms with Crippen LogP contribution in [0.1, 0.15) is 16.1 Å². The smallest absolute Gasteiger partial charge is 0.270 e. The summed E-state index contributed by atoms with van der Waals surface area (Å²) in [5, 5.41) is 5.94. The van der Waals surface area contributed by atoms with E-state index in [9.17, 15) is 4.79 Å². The Balaban J connectivity index is 1.54. The van der Waals surface area contributed by atoms with Crippen molar-refractivity contribution in [2.45, 2.75) is 6.61 Å². The van der Waals surface area contributed by atoms with E-state index in [1.165, 1.54) is 0 Å². The monoisotopic (exact) mass is 359 g/mol. The lowest BCUT2D eigenvalue weighted by Gasteiger charge is -2.09. The fraction of sp³-hybridized carbons (Fsp3) is 0.0909. The van der Waals surface area contributed by atoms with Crippen LogP contribution in [-0.2, 0) is 6.61 Å². The fourth-order valence-corrected chi connectivity index (χ4v) is 2.40. The highest BCUT2D eigenvalue weighted by molar-refractivity contribution is 5.92. The van der Waals surface area contributed by atoms with Gasteiger partial charge in [-0.2, -0.15) is 0 Å². The van der Waals surface area contributed by atoms with Gasteiger partial charge in [-0.3, -0.25) is 4.79 Å². The number of aromatic nitrogens is 1. The molecule has 0 aliphatic heterocycles. The molecule has 0 radical (unpaired) electrons. The van der Waals surface area contributed by atoms with E-state index in [0.29, 0.717) is 18.8 Å². The number of anilines is 2. The first-order valence-electron chi connectivity index (χ1n) is 8.63.